The summed E-state index contributed by atoms with van der Waals surface area (Å²) in [5, 5.41) is 13.8. The van der Waals surface area contributed by atoms with Crippen molar-refractivity contribution in [3.63, 3.8) is 0 Å². The molecule has 5 fully saturated rings. The fourth-order valence-corrected chi connectivity index (χ4v) is 9.42. The van der Waals surface area contributed by atoms with Crippen LogP contribution in [0.5, 0.6) is 6.01 Å². The van der Waals surface area contributed by atoms with E-state index in [-0.39, 0.29) is 67.0 Å². The Morgan fingerprint density at radius 3 is 2.72 bits per heavy atom. The molecule has 244 valence electrons. The number of aromatic nitrogens is 3. The molecule has 3 N–H and O–H groups in total. The normalized spacial score (nSPS) is 27.2. The summed E-state index contributed by atoms with van der Waals surface area (Å²) in [7, 11) is 0. The number of benzene rings is 1. The van der Waals surface area contributed by atoms with E-state index in [4.69, 9.17) is 15.5 Å². The third kappa shape index (κ3) is 4.32. The second-order valence-electron chi connectivity index (χ2n) is 13.9. The standard InChI is InChI=1S/C33H33F3N8O2S/c34-17-12-33(6-1-10-43(33)14-17)16-46-31-40-25-23(29(41-31)42-11-8-32(15-42)7-9-39-32)30(45)44(18-2-3-18)26(24(25)36)19-4-5-21(35)27-22(19)20(13-37)28(38)47-27/h4-5,17-18,39H,1-3,6-12,14-16,38H2/t17-,32?,33+/m1/s1. The van der Waals surface area contributed by atoms with E-state index in [0.717, 1.165) is 50.1 Å². The van der Waals surface area contributed by atoms with E-state index in [9.17, 15) is 14.4 Å². The smallest absolute Gasteiger partial charge is 0.319 e. The Balaban J connectivity index is 1.26. The third-order valence-corrected chi connectivity index (χ3v) is 12.1. The fourth-order valence-electron chi connectivity index (χ4n) is 8.47. The number of fused-ring (bicyclic) bond motifs is 3. The van der Waals surface area contributed by atoms with Crippen LogP contribution in [0.15, 0.2) is 16.9 Å². The van der Waals surface area contributed by atoms with Crippen LogP contribution in [0.25, 0.3) is 32.2 Å². The number of nitrogens with two attached hydrogens (primary N) is 1. The van der Waals surface area contributed by atoms with Gasteiger partial charge in [-0.3, -0.25) is 9.69 Å². The van der Waals surface area contributed by atoms with Crippen molar-refractivity contribution >= 4 is 43.1 Å². The number of alkyl halides is 1. The van der Waals surface area contributed by atoms with Crippen molar-refractivity contribution in [3.8, 4) is 23.3 Å². The van der Waals surface area contributed by atoms with Gasteiger partial charge in [0.05, 0.1) is 21.5 Å². The predicted octanol–water partition coefficient (Wildman–Crippen LogP) is 4.64. The van der Waals surface area contributed by atoms with E-state index in [2.05, 4.69) is 15.2 Å². The molecule has 4 aromatic rings. The lowest BCUT2D eigenvalue weighted by Crippen LogP contribution is -2.58. The number of nitrogen functional groups attached to an aromatic ring is 1. The number of rotatable bonds is 6. The van der Waals surface area contributed by atoms with Gasteiger partial charge in [-0.1, -0.05) is 0 Å². The van der Waals surface area contributed by atoms with Gasteiger partial charge in [-0.2, -0.15) is 15.2 Å². The lowest BCUT2D eigenvalue weighted by molar-refractivity contribution is 0.107. The Morgan fingerprint density at radius 1 is 1.17 bits per heavy atom. The molecule has 4 aliphatic heterocycles. The Labute approximate surface area is 271 Å². The van der Waals surface area contributed by atoms with Crippen LogP contribution in [-0.2, 0) is 0 Å². The molecule has 1 spiro atoms. The number of ether oxygens (including phenoxy) is 1. The molecule has 0 radical (unpaired) electrons. The zero-order valence-corrected chi connectivity index (χ0v) is 26.4. The van der Waals surface area contributed by atoms with Gasteiger partial charge in [0, 0.05) is 48.6 Å². The first-order valence-electron chi connectivity index (χ1n) is 16.3. The molecule has 7 heterocycles. The van der Waals surface area contributed by atoms with Crippen LogP contribution in [0, 0.1) is 23.0 Å². The van der Waals surface area contributed by atoms with Gasteiger partial charge < -0.3 is 25.3 Å². The highest BCUT2D eigenvalue weighted by atomic mass is 32.1. The van der Waals surface area contributed by atoms with Crippen molar-refractivity contribution in [2.45, 2.75) is 68.2 Å². The molecule has 4 saturated heterocycles. The molecular weight excluding hydrogens is 629 g/mol. The molecule has 0 amide bonds. The molecule has 3 aromatic heterocycles. The van der Waals surface area contributed by atoms with E-state index in [1.54, 1.807) is 0 Å². The lowest BCUT2D eigenvalue weighted by Gasteiger charge is -2.39. The highest BCUT2D eigenvalue weighted by Gasteiger charge is 2.50. The second-order valence-corrected chi connectivity index (χ2v) is 14.9. The number of nitrogens with zero attached hydrogens (tertiary/aromatic N) is 6. The second kappa shape index (κ2) is 10.3. The predicted molar refractivity (Wildman–Crippen MR) is 173 cm³/mol. The molecule has 9 rings (SSSR count). The SMILES string of the molecule is N#Cc1c(N)sc2c(F)ccc(-c3c(F)c4nc(OC[C@@]56CCCN5C[C@H](F)C6)nc(N5CCC6(CCN6)C5)c4c(=O)n3C3CC3)c12. The lowest BCUT2D eigenvalue weighted by atomic mass is 9.87. The van der Waals surface area contributed by atoms with Crippen LogP contribution in [0.4, 0.5) is 24.0 Å². The highest BCUT2D eigenvalue weighted by Crippen LogP contribution is 2.46. The van der Waals surface area contributed by atoms with Crippen molar-refractivity contribution in [3.05, 3.63) is 39.7 Å². The zero-order valence-electron chi connectivity index (χ0n) is 25.6. The van der Waals surface area contributed by atoms with Crippen molar-refractivity contribution in [1.29, 1.82) is 5.26 Å². The van der Waals surface area contributed by atoms with Crippen LogP contribution >= 0.6 is 11.3 Å². The summed E-state index contributed by atoms with van der Waals surface area (Å²) in [6.07, 6.45) is 4.31. The molecule has 1 saturated carbocycles. The van der Waals surface area contributed by atoms with Gasteiger partial charge in [0.15, 0.2) is 5.82 Å². The van der Waals surface area contributed by atoms with E-state index in [0.29, 0.717) is 44.7 Å². The topological polar surface area (TPSA) is 125 Å². The monoisotopic (exact) mass is 662 g/mol. The van der Waals surface area contributed by atoms with Gasteiger partial charge in [0.25, 0.3) is 5.56 Å². The Morgan fingerprint density at radius 2 is 2.00 bits per heavy atom. The summed E-state index contributed by atoms with van der Waals surface area (Å²) in [5.74, 6) is -1.04. The van der Waals surface area contributed by atoms with Crippen molar-refractivity contribution in [2.75, 3.05) is 50.0 Å². The van der Waals surface area contributed by atoms with Crippen LogP contribution in [0.3, 0.4) is 0 Å². The maximum absolute atomic E-state index is 17.3. The van der Waals surface area contributed by atoms with E-state index in [1.165, 1.54) is 16.7 Å². The molecule has 47 heavy (non-hydrogen) atoms. The first kappa shape index (κ1) is 29.2. The number of hydrogen-bond acceptors (Lipinski definition) is 10. The number of pyridine rings is 1. The van der Waals surface area contributed by atoms with Gasteiger partial charge in [0.2, 0.25) is 0 Å². The first-order chi connectivity index (χ1) is 22.7. The summed E-state index contributed by atoms with van der Waals surface area (Å²) in [4.78, 5) is 28.1. The maximum Gasteiger partial charge on any atom is 0.319 e. The van der Waals surface area contributed by atoms with E-state index < -0.39 is 28.9 Å². The van der Waals surface area contributed by atoms with Crippen molar-refractivity contribution < 1.29 is 17.9 Å². The Kier molecular flexibility index (Phi) is 6.39. The number of nitrogens with one attached hydrogen (secondary N) is 1. The molecule has 1 unspecified atom stereocenters. The average molecular weight is 663 g/mol. The average Bonchev–Trinajstić information content (AvgIpc) is 3.34. The molecule has 10 nitrogen and oxygen atoms in total. The van der Waals surface area contributed by atoms with Gasteiger partial charge >= 0.3 is 6.01 Å². The number of nitriles is 1. The summed E-state index contributed by atoms with van der Waals surface area (Å²) in [6, 6.07) is 4.31. The van der Waals surface area contributed by atoms with Gasteiger partial charge in [0.1, 0.15) is 46.4 Å². The minimum atomic E-state index is -0.944. The van der Waals surface area contributed by atoms with Crippen LogP contribution < -0.4 is 26.2 Å². The molecule has 0 bridgehead atoms. The number of thiophene rings is 1. The summed E-state index contributed by atoms with van der Waals surface area (Å²) >= 11 is 0.919. The van der Waals surface area contributed by atoms with Crippen molar-refractivity contribution in [1.82, 2.24) is 24.8 Å². The molecule has 3 atom stereocenters. The quantitative estimate of drug-likeness (QED) is 0.304. The molecule has 1 aromatic carbocycles. The molecule has 14 heteroatoms. The Bertz CT molecular complexity index is 2090. The molecule has 5 aliphatic rings. The fraction of sp³-hybridized carbons (Fsp3) is 0.515. The van der Waals surface area contributed by atoms with E-state index >= 15 is 8.78 Å². The number of hydrogen-bond donors (Lipinski definition) is 2. The van der Waals surface area contributed by atoms with Crippen LogP contribution in [0.1, 0.15) is 56.6 Å². The number of halogens is 3. The van der Waals surface area contributed by atoms with Gasteiger partial charge in [-0.25, -0.2) is 13.2 Å². The largest absolute Gasteiger partial charge is 0.461 e. The zero-order chi connectivity index (χ0) is 32.2. The van der Waals surface area contributed by atoms with E-state index in [1.807, 2.05) is 11.0 Å². The molecule has 1 aliphatic carbocycles. The van der Waals surface area contributed by atoms with Crippen molar-refractivity contribution in [2.24, 2.45) is 0 Å². The summed E-state index contributed by atoms with van der Waals surface area (Å²) < 4.78 is 54.7. The summed E-state index contributed by atoms with van der Waals surface area (Å²) in [6.45, 7) is 3.43. The van der Waals surface area contributed by atoms with Gasteiger partial charge in [-0.05, 0) is 63.7 Å². The third-order valence-electron chi connectivity index (χ3n) is 11.0. The van der Waals surface area contributed by atoms with Crippen LogP contribution in [-0.4, -0.2) is 76.0 Å². The Hall–Kier alpha value is -3.93. The summed E-state index contributed by atoms with van der Waals surface area (Å²) in [5.41, 5.74) is 5.11. The minimum absolute atomic E-state index is 0.0414. The number of anilines is 2. The molecular formula is C33H33F3N8O2S. The highest BCUT2D eigenvalue weighted by molar-refractivity contribution is 7.23. The maximum atomic E-state index is 17.3. The minimum Gasteiger partial charge on any atom is -0.461 e. The van der Waals surface area contributed by atoms with Gasteiger partial charge in [-0.15, -0.1) is 11.3 Å². The van der Waals surface area contributed by atoms with Crippen LogP contribution in [0.2, 0.25) is 0 Å². The first-order valence-corrected chi connectivity index (χ1v) is 17.1.